The van der Waals surface area contributed by atoms with E-state index in [1.54, 1.807) is 0 Å². The monoisotopic (exact) mass is 567 g/mol. The molecule has 41 heavy (non-hydrogen) atoms. The first-order valence-electron chi connectivity index (χ1n) is 15.5. The van der Waals surface area contributed by atoms with Gasteiger partial charge >= 0.3 is 5.97 Å². The van der Waals surface area contributed by atoms with Crippen molar-refractivity contribution in [2.24, 2.45) is 23.7 Å². The first kappa shape index (κ1) is 29.5. The molecule has 0 bridgehead atoms. The van der Waals surface area contributed by atoms with E-state index < -0.39 is 6.23 Å². The van der Waals surface area contributed by atoms with Gasteiger partial charge in [0, 0.05) is 38.0 Å². The Labute approximate surface area is 243 Å². The molecule has 9 heteroatoms. The van der Waals surface area contributed by atoms with E-state index in [1.807, 2.05) is 35.8 Å². The zero-order valence-electron chi connectivity index (χ0n) is 24.5. The predicted molar refractivity (Wildman–Crippen MR) is 152 cm³/mol. The molecule has 0 aromatic heterocycles. The molecule has 0 radical (unpaired) electrons. The largest absolute Gasteiger partial charge is 0.465 e. The topological polar surface area (TPSA) is 116 Å². The molecule has 1 aromatic carbocycles. The van der Waals surface area contributed by atoms with Gasteiger partial charge in [0.1, 0.15) is 6.23 Å². The highest BCUT2D eigenvalue weighted by atomic mass is 16.5. The van der Waals surface area contributed by atoms with Crippen molar-refractivity contribution in [2.45, 2.75) is 90.3 Å². The van der Waals surface area contributed by atoms with Gasteiger partial charge in [-0.3, -0.25) is 19.2 Å². The number of hydrogen-bond acceptors (Lipinski definition) is 6. The van der Waals surface area contributed by atoms with E-state index in [0.29, 0.717) is 64.4 Å². The van der Waals surface area contributed by atoms with Crippen LogP contribution in [0, 0.1) is 23.7 Å². The average molecular weight is 568 g/mol. The summed E-state index contributed by atoms with van der Waals surface area (Å²) in [6.07, 6.45) is 5.45. The van der Waals surface area contributed by atoms with Gasteiger partial charge in [0.25, 0.3) is 0 Å². The molecule has 2 unspecified atom stereocenters. The van der Waals surface area contributed by atoms with Gasteiger partial charge < -0.3 is 25.0 Å². The normalized spacial score (nSPS) is 27.3. The maximum Gasteiger partial charge on any atom is 0.309 e. The average Bonchev–Trinajstić information content (AvgIpc) is 2.99. The number of nitrogens with one attached hydrogen (secondary N) is 1. The number of aliphatic hydroxyl groups is 1. The number of carbonyl (C=O) groups is 4. The number of aliphatic hydroxyl groups excluding tert-OH is 1. The zero-order chi connectivity index (χ0) is 29.1. The Balaban J connectivity index is 1.08. The van der Waals surface area contributed by atoms with E-state index >= 15 is 0 Å². The Bertz CT molecular complexity index is 1140. The Kier molecular flexibility index (Phi) is 9.32. The molecule has 224 valence electrons. The lowest BCUT2D eigenvalue weighted by Gasteiger charge is -2.37. The van der Waals surface area contributed by atoms with Crippen molar-refractivity contribution in [1.82, 2.24) is 15.1 Å². The Morgan fingerprint density at radius 3 is 2.17 bits per heavy atom. The number of amides is 3. The first-order valence-corrected chi connectivity index (χ1v) is 15.5. The van der Waals surface area contributed by atoms with E-state index in [2.05, 4.69) is 11.4 Å². The first-order chi connectivity index (χ1) is 19.7. The number of hydrogen-bond donors (Lipinski definition) is 2. The van der Waals surface area contributed by atoms with Gasteiger partial charge in [-0.15, -0.1) is 0 Å². The molecule has 3 fully saturated rings. The highest BCUT2D eigenvalue weighted by Crippen LogP contribution is 2.34. The van der Waals surface area contributed by atoms with E-state index in [9.17, 15) is 24.3 Å². The van der Waals surface area contributed by atoms with E-state index in [0.717, 1.165) is 43.2 Å². The molecule has 2 N–H and O–H groups in total. The molecule has 2 atom stereocenters. The Hall–Kier alpha value is -2.94. The molecule has 4 aliphatic rings. The summed E-state index contributed by atoms with van der Waals surface area (Å²) in [7, 11) is 0. The van der Waals surface area contributed by atoms with Gasteiger partial charge in [0.2, 0.25) is 17.7 Å². The number of likely N-dealkylation sites (tertiary alicyclic amines) is 1. The Morgan fingerprint density at radius 2 is 1.54 bits per heavy atom. The predicted octanol–water partition coefficient (Wildman–Crippen LogP) is 3.13. The standard InChI is InChI=1S/C32H45N3O6/c1-20(2)19-41-32(40)23-11-14-34(15-12-23)30(38)21-3-5-22(6-4-21)31(39)35-16-13-24-17-25(7-8-26(24)18-35)27-9-10-28(36)33-29(27)37/h7-8,17,20-23,27-28,36H,3-6,9-16,18-19H2,1-2H3,(H,33,37)/t21-,22-,27?,28?. The third-order valence-corrected chi connectivity index (χ3v) is 9.44. The van der Waals surface area contributed by atoms with Gasteiger partial charge in [-0.05, 0) is 80.4 Å². The molecule has 1 saturated carbocycles. The number of piperidine rings is 2. The summed E-state index contributed by atoms with van der Waals surface area (Å²) in [4.78, 5) is 55.2. The van der Waals surface area contributed by atoms with Crippen LogP contribution in [0.3, 0.4) is 0 Å². The lowest BCUT2D eigenvalue weighted by atomic mass is 9.80. The third-order valence-electron chi connectivity index (χ3n) is 9.44. The summed E-state index contributed by atoms with van der Waals surface area (Å²) < 4.78 is 5.40. The smallest absolute Gasteiger partial charge is 0.309 e. The summed E-state index contributed by atoms with van der Waals surface area (Å²) in [6.45, 7) is 6.93. The minimum Gasteiger partial charge on any atom is -0.465 e. The van der Waals surface area contributed by atoms with Crippen LogP contribution in [0.5, 0.6) is 0 Å². The van der Waals surface area contributed by atoms with Crippen LogP contribution < -0.4 is 5.32 Å². The second kappa shape index (κ2) is 12.9. The number of fused-ring (bicyclic) bond motifs is 1. The van der Waals surface area contributed by atoms with Crippen LogP contribution in [0.15, 0.2) is 18.2 Å². The van der Waals surface area contributed by atoms with Crippen LogP contribution in [0.1, 0.15) is 87.8 Å². The number of ether oxygens (including phenoxy) is 1. The summed E-state index contributed by atoms with van der Waals surface area (Å²) >= 11 is 0. The van der Waals surface area contributed by atoms with Crippen LogP contribution in [0.25, 0.3) is 0 Å². The van der Waals surface area contributed by atoms with Crippen molar-refractivity contribution < 1.29 is 29.0 Å². The van der Waals surface area contributed by atoms with Crippen molar-refractivity contribution in [1.29, 1.82) is 0 Å². The molecular formula is C32H45N3O6. The van der Waals surface area contributed by atoms with Crippen molar-refractivity contribution in [3.63, 3.8) is 0 Å². The van der Waals surface area contributed by atoms with Crippen LogP contribution in [0.2, 0.25) is 0 Å². The summed E-state index contributed by atoms with van der Waals surface area (Å²) in [5.41, 5.74) is 3.30. The number of esters is 1. The number of nitrogens with zero attached hydrogens (tertiary/aromatic N) is 2. The molecule has 2 saturated heterocycles. The number of rotatable bonds is 6. The molecule has 1 aliphatic carbocycles. The van der Waals surface area contributed by atoms with E-state index in [4.69, 9.17) is 4.74 Å². The number of benzene rings is 1. The molecule has 0 spiro atoms. The molecule has 3 aliphatic heterocycles. The van der Waals surface area contributed by atoms with Gasteiger partial charge in [-0.2, -0.15) is 0 Å². The third kappa shape index (κ3) is 6.93. The second-order valence-corrected chi connectivity index (χ2v) is 12.9. The van der Waals surface area contributed by atoms with Gasteiger partial charge in [-0.25, -0.2) is 0 Å². The maximum atomic E-state index is 13.4. The SMILES string of the molecule is CC(C)COC(=O)C1CCN(C(=O)[C@H]2CC[C@H](C(=O)N3CCc4cc(C5CCC(O)NC5=O)ccc4C3)CC2)CC1. The Morgan fingerprint density at radius 1 is 0.878 bits per heavy atom. The van der Waals surface area contributed by atoms with Crippen molar-refractivity contribution in [3.05, 3.63) is 34.9 Å². The summed E-state index contributed by atoms with van der Waals surface area (Å²) in [5, 5.41) is 12.3. The van der Waals surface area contributed by atoms with Crippen LogP contribution in [-0.4, -0.2) is 71.1 Å². The van der Waals surface area contributed by atoms with Crippen molar-refractivity contribution in [3.8, 4) is 0 Å². The molecular weight excluding hydrogens is 522 g/mol. The maximum absolute atomic E-state index is 13.4. The van der Waals surface area contributed by atoms with Crippen LogP contribution >= 0.6 is 0 Å². The van der Waals surface area contributed by atoms with E-state index in [-0.39, 0.29) is 47.4 Å². The quantitative estimate of drug-likeness (QED) is 0.511. The van der Waals surface area contributed by atoms with Crippen molar-refractivity contribution in [2.75, 3.05) is 26.2 Å². The highest BCUT2D eigenvalue weighted by molar-refractivity contribution is 5.85. The fourth-order valence-electron chi connectivity index (χ4n) is 6.89. The molecule has 3 heterocycles. The highest BCUT2D eigenvalue weighted by Gasteiger charge is 2.37. The van der Waals surface area contributed by atoms with E-state index in [1.165, 1.54) is 5.56 Å². The summed E-state index contributed by atoms with van der Waals surface area (Å²) in [5.74, 6) is -0.0241. The lowest BCUT2D eigenvalue weighted by Crippen LogP contribution is -2.45. The molecule has 9 nitrogen and oxygen atoms in total. The number of carbonyl (C=O) groups excluding carboxylic acids is 4. The van der Waals surface area contributed by atoms with Gasteiger partial charge in [0.05, 0.1) is 18.4 Å². The van der Waals surface area contributed by atoms with Gasteiger partial charge in [0.15, 0.2) is 0 Å². The summed E-state index contributed by atoms with van der Waals surface area (Å²) in [6, 6.07) is 6.14. The fraction of sp³-hybridized carbons (Fsp3) is 0.688. The zero-order valence-corrected chi connectivity index (χ0v) is 24.5. The van der Waals surface area contributed by atoms with Gasteiger partial charge in [-0.1, -0.05) is 32.0 Å². The molecule has 3 amide bonds. The van der Waals surface area contributed by atoms with Crippen molar-refractivity contribution >= 4 is 23.7 Å². The molecule has 5 rings (SSSR count). The second-order valence-electron chi connectivity index (χ2n) is 12.9. The lowest BCUT2D eigenvalue weighted by molar-refractivity contribution is -0.153. The fourth-order valence-corrected chi connectivity index (χ4v) is 6.89. The minimum atomic E-state index is -0.756. The minimum absolute atomic E-state index is 0.0397. The van der Waals surface area contributed by atoms with Crippen LogP contribution in [0.4, 0.5) is 0 Å². The molecule has 1 aromatic rings. The van der Waals surface area contributed by atoms with Crippen LogP contribution in [-0.2, 0) is 36.9 Å².